The van der Waals surface area contributed by atoms with E-state index in [0.717, 1.165) is 30.4 Å². The SMILES string of the molecule is O=C(COc1ccc(Cl)cc1)Nc1ccc(OCCC2CCCCC2)cc1. The third kappa shape index (κ3) is 6.79. The number of carbonyl (C=O) groups excluding carboxylic acids is 1. The van der Waals surface area contributed by atoms with Crippen LogP contribution in [0.5, 0.6) is 11.5 Å². The molecule has 3 rings (SSSR count). The number of carbonyl (C=O) groups is 1. The first-order chi connectivity index (χ1) is 13.2. The van der Waals surface area contributed by atoms with Crippen molar-refractivity contribution >= 4 is 23.2 Å². The summed E-state index contributed by atoms with van der Waals surface area (Å²) in [5, 5.41) is 3.45. The Balaban J connectivity index is 1.37. The molecule has 1 saturated carbocycles. The third-order valence-corrected chi connectivity index (χ3v) is 5.09. The molecule has 0 aliphatic heterocycles. The number of hydrogen-bond acceptors (Lipinski definition) is 3. The fraction of sp³-hybridized carbons (Fsp3) is 0.409. The van der Waals surface area contributed by atoms with Gasteiger partial charge in [0.2, 0.25) is 0 Å². The highest BCUT2D eigenvalue weighted by Gasteiger charge is 2.13. The lowest BCUT2D eigenvalue weighted by Crippen LogP contribution is -2.20. The van der Waals surface area contributed by atoms with E-state index in [4.69, 9.17) is 21.1 Å². The number of benzene rings is 2. The summed E-state index contributed by atoms with van der Waals surface area (Å²) in [5.41, 5.74) is 0.722. The third-order valence-electron chi connectivity index (χ3n) is 4.84. The van der Waals surface area contributed by atoms with Gasteiger partial charge in [-0.3, -0.25) is 4.79 Å². The zero-order valence-electron chi connectivity index (χ0n) is 15.5. The van der Waals surface area contributed by atoms with E-state index >= 15 is 0 Å². The second kappa shape index (κ2) is 10.2. The van der Waals surface area contributed by atoms with Gasteiger partial charge in [-0.05, 0) is 60.9 Å². The van der Waals surface area contributed by atoms with Crippen molar-refractivity contribution in [3.05, 3.63) is 53.6 Å². The van der Waals surface area contributed by atoms with Crippen LogP contribution in [-0.2, 0) is 4.79 Å². The maximum Gasteiger partial charge on any atom is 0.262 e. The summed E-state index contributed by atoms with van der Waals surface area (Å²) in [5.74, 6) is 2.05. The van der Waals surface area contributed by atoms with E-state index in [-0.39, 0.29) is 12.5 Å². The predicted octanol–water partition coefficient (Wildman–Crippen LogP) is 5.71. The van der Waals surface area contributed by atoms with Crippen LogP contribution < -0.4 is 14.8 Å². The largest absolute Gasteiger partial charge is 0.494 e. The summed E-state index contributed by atoms with van der Waals surface area (Å²) in [6, 6.07) is 14.4. The van der Waals surface area contributed by atoms with E-state index < -0.39 is 0 Å². The Labute approximate surface area is 165 Å². The highest BCUT2D eigenvalue weighted by Crippen LogP contribution is 2.26. The van der Waals surface area contributed by atoms with Crippen molar-refractivity contribution in [1.82, 2.24) is 0 Å². The summed E-state index contributed by atoms with van der Waals surface area (Å²) >= 11 is 5.82. The van der Waals surface area contributed by atoms with Crippen molar-refractivity contribution in [3.8, 4) is 11.5 Å². The fourth-order valence-electron chi connectivity index (χ4n) is 3.33. The number of amides is 1. The second-order valence-electron chi connectivity index (χ2n) is 6.96. The minimum absolute atomic E-state index is 0.0543. The molecule has 0 aromatic heterocycles. The molecule has 4 nitrogen and oxygen atoms in total. The standard InChI is InChI=1S/C22H26ClNO3/c23-18-6-10-21(11-7-18)27-16-22(25)24-19-8-12-20(13-9-19)26-15-14-17-4-2-1-3-5-17/h6-13,17H,1-5,14-16H2,(H,24,25). The Morgan fingerprint density at radius 3 is 2.26 bits per heavy atom. The second-order valence-corrected chi connectivity index (χ2v) is 7.39. The number of ether oxygens (including phenoxy) is 2. The van der Waals surface area contributed by atoms with Crippen LogP contribution in [0, 0.1) is 5.92 Å². The van der Waals surface area contributed by atoms with Gasteiger partial charge < -0.3 is 14.8 Å². The van der Waals surface area contributed by atoms with Gasteiger partial charge in [-0.2, -0.15) is 0 Å². The van der Waals surface area contributed by atoms with Gasteiger partial charge >= 0.3 is 0 Å². The summed E-state index contributed by atoms with van der Waals surface area (Å²) < 4.78 is 11.3. The molecule has 1 aliphatic carbocycles. The molecule has 2 aromatic rings. The van der Waals surface area contributed by atoms with Gasteiger partial charge in [-0.1, -0.05) is 43.7 Å². The predicted molar refractivity (Wildman–Crippen MR) is 109 cm³/mol. The molecule has 144 valence electrons. The molecule has 0 unspecified atom stereocenters. The molecule has 2 aromatic carbocycles. The molecule has 0 atom stereocenters. The molecule has 0 radical (unpaired) electrons. The monoisotopic (exact) mass is 387 g/mol. The first kappa shape index (κ1) is 19.6. The molecule has 0 spiro atoms. The van der Waals surface area contributed by atoms with E-state index in [1.54, 1.807) is 24.3 Å². The maximum absolute atomic E-state index is 12.0. The highest BCUT2D eigenvalue weighted by molar-refractivity contribution is 6.30. The minimum atomic E-state index is -0.212. The van der Waals surface area contributed by atoms with E-state index in [1.807, 2.05) is 24.3 Å². The van der Waals surface area contributed by atoms with Crippen LogP contribution in [0.1, 0.15) is 38.5 Å². The first-order valence-electron chi connectivity index (χ1n) is 9.60. The Morgan fingerprint density at radius 1 is 0.926 bits per heavy atom. The van der Waals surface area contributed by atoms with Crippen molar-refractivity contribution in [1.29, 1.82) is 0 Å². The minimum Gasteiger partial charge on any atom is -0.494 e. The number of anilines is 1. The number of rotatable bonds is 8. The zero-order valence-corrected chi connectivity index (χ0v) is 16.2. The van der Waals surface area contributed by atoms with Gasteiger partial charge in [0.15, 0.2) is 6.61 Å². The Bertz CT molecular complexity index is 709. The maximum atomic E-state index is 12.0. The van der Waals surface area contributed by atoms with Crippen molar-refractivity contribution in [2.75, 3.05) is 18.5 Å². The van der Waals surface area contributed by atoms with Crippen LogP contribution in [0.3, 0.4) is 0 Å². The quantitative estimate of drug-likeness (QED) is 0.631. The molecule has 1 fully saturated rings. The summed E-state index contributed by atoms with van der Waals surface area (Å²) in [6.07, 6.45) is 7.91. The van der Waals surface area contributed by atoms with E-state index in [1.165, 1.54) is 32.1 Å². The normalized spacial score (nSPS) is 14.6. The molecule has 5 heteroatoms. The van der Waals surface area contributed by atoms with Crippen molar-refractivity contribution in [2.24, 2.45) is 5.92 Å². The van der Waals surface area contributed by atoms with Gasteiger partial charge in [-0.15, -0.1) is 0 Å². The lowest BCUT2D eigenvalue weighted by Gasteiger charge is -2.21. The molecule has 0 saturated heterocycles. The van der Waals surface area contributed by atoms with Gasteiger partial charge in [0.05, 0.1) is 6.61 Å². The average Bonchev–Trinajstić information content (AvgIpc) is 2.70. The summed E-state index contributed by atoms with van der Waals surface area (Å²) in [4.78, 5) is 12.0. The van der Waals surface area contributed by atoms with Crippen LogP contribution in [0.2, 0.25) is 5.02 Å². The van der Waals surface area contributed by atoms with Crippen molar-refractivity contribution < 1.29 is 14.3 Å². The van der Waals surface area contributed by atoms with Crippen LogP contribution in [0.25, 0.3) is 0 Å². The first-order valence-corrected chi connectivity index (χ1v) is 9.98. The lowest BCUT2D eigenvalue weighted by atomic mass is 9.87. The smallest absolute Gasteiger partial charge is 0.262 e. The van der Waals surface area contributed by atoms with Crippen LogP contribution >= 0.6 is 11.6 Å². The number of nitrogens with one attached hydrogen (secondary N) is 1. The fourth-order valence-corrected chi connectivity index (χ4v) is 3.46. The molecule has 0 heterocycles. The zero-order chi connectivity index (χ0) is 18.9. The molecule has 27 heavy (non-hydrogen) atoms. The average molecular weight is 388 g/mol. The van der Waals surface area contributed by atoms with Crippen LogP contribution in [-0.4, -0.2) is 19.1 Å². The number of hydrogen-bond donors (Lipinski definition) is 1. The molecule has 1 amide bonds. The Morgan fingerprint density at radius 2 is 1.56 bits per heavy atom. The van der Waals surface area contributed by atoms with Gasteiger partial charge in [0.1, 0.15) is 11.5 Å². The molecule has 0 bridgehead atoms. The summed E-state index contributed by atoms with van der Waals surface area (Å²) in [7, 11) is 0. The van der Waals surface area contributed by atoms with E-state index in [9.17, 15) is 4.79 Å². The highest BCUT2D eigenvalue weighted by atomic mass is 35.5. The van der Waals surface area contributed by atoms with Gasteiger partial charge in [-0.25, -0.2) is 0 Å². The molecule has 1 aliphatic rings. The summed E-state index contributed by atoms with van der Waals surface area (Å²) in [6.45, 7) is 0.701. The molecule has 1 N–H and O–H groups in total. The number of halogens is 1. The van der Waals surface area contributed by atoms with Crippen molar-refractivity contribution in [2.45, 2.75) is 38.5 Å². The lowest BCUT2D eigenvalue weighted by molar-refractivity contribution is -0.118. The Kier molecular flexibility index (Phi) is 7.40. The van der Waals surface area contributed by atoms with E-state index in [0.29, 0.717) is 10.8 Å². The molecular formula is C22H26ClNO3. The van der Waals surface area contributed by atoms with Gasteiger partial charge in [0, 0.05) is 10.7 Å². The Hall–Kier alpha value is -2.20. The van der Waals surface area contributed by atoms with Gasteiger partial charge in [0.25, 0.3) is 5.91 Å². The van der Waals surface area contributed by atoms with Crippen LogP contribution in [0.4, 0.5) is 5.69 Å². The topological polar surface area (TPSA) is 47.6 Å². The van der Waals surface area contributed by atoms with Crippen LogP contribution in [0.15, 0.2) is 48.5 Å². The molecular weight excluding hydrogens is 362 g/mol. The van der Waals surface area contributed by atoms with Crippen molar-refractivity contribution in [3.63, 3.8) is 0 Å². The van der Waals surface area contributed by atoms with E-state index in [2.05, 4.69) is 5.32 Å².